The van der Waals surface area contributed by atoms with Gasteiger partial charge in [-0.15, -0.1) is 0 Å². The van der Waals surface area contributed by atoms with E-state index in [9.17, 15) is 15.0 Å². The van der Waals surface area contributed by atoms with Crippen LogP contribution in [0, 0.1) is 18.8 Å². The fourth-order valence-corrected chi connectivity index (χ4v) is 2.99. The summed E-state index contributed by atoms with van der Waals surface area (Å²) < 4.78 is 7.11. The number of hydrogen-bond donors (Lipinski definition) is 2. The number of benzene rings is 1. The molecule has 0 bridgehead atoms. The third kappa shape index (κ3) is 3.54. The number of carboxylic acid groups (broad SMARTS) is 1. The maximum atomic E-state index is 11.7. The molecule has 1 aromatic carbocycles. The standard InChI is InChI=1S/C22H18N4O4/c1-13-12-23-21(30-13)22(2,29)9-7-14-5-4-6-15(11-14)18-24-17(20(27)28)16-8-10-26(3)19(16)25-18/h4-6,8,10-12,29H,1-3H3,(H,27,28). The summed E-state index contributed by atoms with van der Waals surface area (Å²) in [7, 11) is 1.79. The zero-order valence-corrected chi connectivity index (χ0v) is 16.5. The smallest absolute Gasteiger partial charge is 0.355 e. The second kappa shape index (κ2) is 7.13. The Morgan fingerprint density at radius 2 is 2.07 bits per heavy atom. The van der Waals surface area contributed by atoms with Crippen LogP contribution in [-0.2, 0) is 12.6 Å². The molecule has 4 rings (SSSR count). The lowest BCUT2D eigenvalue weighted by atomic mass is 10.1. The van der Waals surface area contributed by atoms with Gasteiger partial charge in [-0.25, -0.2) is 19.7 Å². The number of rotatable bonds is 3. The summed E-state index contributed by atoms with van der Waals surface area (Å²) in [4.78, 5) is 24.4. The van der Waals surface area contributed by atoms with Crippen LogP contribution >= 0.6 is 0 Å². The van der Waals surface area contributed by atoms with Gasteiger partial charge in [0.2, 0.25) is 5.89 Å². The first-order chi connectivity index (χ1) is 14.2. The van der Waals surface area contributed by atoms with Crippen LogP contribution in [0.1, 0.15) is 34.6 Å². The van der Waals surface area contributed by atoms with Crippen molar-refractivity contribution in [3.8, 4) is 23.2 Å². The van der Waals surface area contributed by atoms with Crippen molar-refractivity contribution in [1.29, 1.82) is 0 Å². The third-order valence-electron chi connectivity index (χ3n) is 4.54. The second-order valence-electron chi connectivity index (χ2n) is 7.04. The van der Waals surface area contributed by atoms with Gasteiger partial charge in [-0.1, -0.05) is 24.0 Å². The van der Waals surface area contributed by atoms with Crippen LogP contribution in [0.25, 0.3) is 22.4 Å². The Morgan fingerprint density at radius 1 is 1.27 bits per heavy atom. The van der Waals surface area contributed by atoms with Crippen LogP contribution in [-0.4, -0.2) is 35.7 Å². The first-order valence-corrected chi connectivity index (χ1v) is 9.10. The van der Waals surface area contributed by atoms with Crippen molar-refractivity contribution in [2.75, 3.05) is 0 Å². The van der Waals surface area contributed by atoms with Crippen LogP contribution < -0.4 is 0 Å². The molecule has 0 saturated carbocycles. The molecule has 0 spiro atoms. The van der Waals surface area contributed by atoms with Crippen molar-refractivity contribution in [2.24, 2.45) is 7.05 Å². The first-order valence-electron chi connectivity index (χ1n) is 9.10. The number of carbonyl (C=O) groups is 1. The van der Waals surface area contributed by atoms with Crippen LogP contribution in [0.15, 0.2) is 47.1 Å². The van der Waals surface area contributed by atoms with Crippen molar-refractivity contribution < 1.29 is 19.4 Å². The number of nitrogens with zero attached hydrogens (tertiary/aromatic N) is 4. The molecule has 0 fully saturated rings. The highest BCUT2D eigenvalue weighted by Crippen LogP contribution is 2.24. The largest absolute Gasteiger partial charge is 0.476 e. The van der Waals surface area contributed by atoms with Crippen molar-refractivity contribution in [3.63, 3.8) is 0 Å². The van der Waals surface area contributed by atoms with Crippen LogP contribution in [0.2, 0.25) is 0 Å². The van der Waals surface area contributed by atoms with E-state index in [1.807, 2.05) is 0 Å². The molecular formula is C22H18N4O4. The van der Waals surface area contributed by atoms with Gasteiger partial charge in [0, 0.05) is 24.4 Å². The van der Waals surface area contributed by atoms with E-state index in [4.69, 9.17) is 4.42 Å². The number of fused-ring (bicyclic) bond motifs is 1. The number of aliphatic hydroxyl groups is 1. The number of aromatic carboxylic acids is 1. The fraction of sp³-hybridized carbons (Fsp3) is 0.182. The molecule has 0 saturated heterocycles. The van der Waals surface area contributed by atoms with Crippen molar-refractivity contribution >= 4 is 17.0 Å². The van der Waals surface area contributed by atoms with E-state index in [0.717, 1.165) is 0 Å². The van der Waals surface area contributed by atoms with Gasteiger partial charge in [0.25, 0.3) is 0 Å². The first kappa shape index (κ1) is 19.4. The Labute approximate surface area is 171 Å². The third-order valence-corrected chi connectivity index (χ3v) is 4.54. The SMILES string of the molecule is Cc1cnc(C(C)(O)C#Cc2cccc(-c3nc(C(=O)O)c4ccn(C)c4n3)c2)o1. The fourth-order valence-electron chi connectivity index (χ4n) is 2.99. The molecule has 0 radical (unpaired) electrons. The highest BCUT2D eigenvalue weighted by molar-refractivity contribution is 6.00. The summed E-state index contributed by atoms with van der Waals surface area (Å²) in [5.41, 5.74) is 0.118. The minimum atomic E-state index is -1.56. The molecule has 1 atom stereocenters. The monoisotopic (exact) mass is 402 g/mol. The van der Waals surface area contributed by atoms with Crippen molar-refractivity contribution in [1.82, 2.24) is 19.5 Å². The number of carboxylic acids is 1. The Balaban J connectivity index is 1.75. The van der Waals surface area contributed by atoms with E-state index in [2.05, 4.69) is 26.8 Å². The van der Waals surface area contributed by atoms with Gasteiger partial charge in [-0.05, 0) is 32.0 Å². The highest BCUT2D eigenvalue weighted by Gasteiger charge is 2.26. The van der Waals surface area contributed by atoms with E-state index in [1.54, 1.807) is 55.1 Å². The normalized spacial score (nSPS) is 12.9. The highest BCUT2D eigenvalue weighted by atomic mass is 16.4. The molecule has 1 unspecified atom stereocenters. The van der Waals surface area contributed by atoms with Crippen LogP contribution in [0.5, 0.6) is 0 Å². The van der Waals surface area contributed by atoms with E-state index < -0.39 is 11.6 Å². The molecule has 2 N–H and O–H groups in total. The molecule has 30 heavy (non-hydrogen) atoms. The summed E-state index contributed by atoms with van der Waals surface area (Å²) in [6.07, 6.45) is 3.26. The second-order valence-corrected chi connectivity index (χ2v) is 7.04. The maximum absolute atomic E-state index is 11.7. The molecule has 8 nitrogen and oxygen atoms in total. The molecule has 4 aromatic rings. The zero-order chi connectivity index (χ0) is 21.5. The minimum absolute atomic E-state index is 0.0608. The molecule has 150 valence electrons. The van der Waals surface area contributed by atoms with Gasteiger partial charge < -0.3 is 19.2 Å². The molecule has 0 aliphatic rings. The van der Waals surface area contributed by atoms with Crippen molar-refractivity contribution in [3.05, 3.63) is 65.6 Å². The van der Waals surface area contributed by atoms with Gasteiger partial charge >= 0.3 is 5.97 Å². The Bertz CT molecular complexity index is 1340. The average molecular weight is 402 g/mol. The van der Waals surface area contributed by atoms with E-state index >= 15 is 0 Å². The number of oxazole rings is 1. The minimum Gasteiger partial charge on any atom is -0.476 e. The topological polar surface area (TPSA) is 114 Å². The number of aryl methyl sites for hydroxylation is 2. The molecule has 0 amide bonds. The number of aromatic nitrogens is 4. The zero-order valence-electron chi connectivity index (χ0n) is 16.5. The van der Waals surface area contributed by atoms with E-state index in [1.165, 1.54) is 13.1 Å². The molecule has 3 heterocycles. The Morgan fingerprint density at radius 3 is 2.77 bits per heavy atom. The summed E-state index contributed by atoms with van der Waals surface area (Å²) >= 11 is 0. The Hall–Kier alpha value is -3.96. The predicted octanol–water partition coefficient (Wildman–Crippen LogP) is 2.89. The van der Waals surface area contributed by atoms with Crippen LogP contribution in [0.3, 0.4) is 0 Å². The van der Waals surface area contributed by atoms with Gasteiger partial charge in [0.1, 0.15) is 11.4 Å². The summed E-state index contributed by atoms with van der Waals surface area (Å²) in [5, 5.41) is 20.6. The summed E-state index contributed by atoms with van der Waals surface area (Å²) in [6, 6.07) is 8.72. The molecule has 0 aliphatic heterocycles. The lowest BCUT2D eigenvalue weighted by Crippen LogP contribution is -2.18. The molecule has 8 heteroatoms. The summed E-state index contributed by atoms with van der Waals surface area (Å²) in [5.74, 6) is 5.52. The van der Waals surface area contributed by atoms with E-state index in [0.29, 0.717) is 27.9 Å². The quantitative estimate of drug-likeness (QED) is 0.506. The van der Waals surface area contributed by atoms with Gasteiger partial charge in [0.15, 0.2) is 17.1 Å². The van der Waals surface area contributed by atoms with Crippen molar-refractivity contribution in [2.45, 2.75) is 19.4 Å². The summed E-state index contributed by atoms with van der Waals surface area (Å²) in [6.45, 7) is 3.24. The molecular weight excluding hydrogens is 384 g/mol. The molecule has 3 aromatic heterocycles. The number of hydrogen-bond acceptors (Lipinski definition) is 6. The van der Waals surface area contributed by atoms with E-state index in [-0.39, 0.29) is 17.4 Å². The molecule has 0 aliphatic carbocycles. The maximum Gasteiger partial charge on any atom is 0.355 e. The van der Waals surface area contributed by atoms with Gasteiger partial charge in [-0.3, -0.25) is 0 Å². The van der Waals surface area contributed by atoms with Crippen LogP contribution in [0.4, 0.5) is 0 Å². The van der Waals surface area contributed by atoms with Gasteiger partial charge in [-0.2, -0.15) is 0 Å². The van der Waals surface area contributed by atoms with Gasteiger partial charge in [0.05, 0.1) is 11.6 Å². The lowest BCUT2D eigenvalue weighted by molar-refractivity contribution is 0.0692. The lowest BCUT2D eigenvalue weighted by Gasteiger charge is -2.10. The Kier molecular flexibility index (Phi) is 4.60. The predicted molar refractivity (Wildman–Crippen MR) is 109 cm³/mol. The average Bonchev–Trinajstić information content (AvgIpc) is 3.32.